The van der Waals surface area contributed by atoms with Gasteiger partial charge in [-0.05, 0) is 56.7 Å². The first kappa shape index (κ1) is 22.7. The van der Waals surface area contributed by atoms with Crippen LogP contribution in [0.4, 0.5) is 8.78 Å². The summed E-state index contributed by atoms with van der Waals surface area (Å²) in [6.07, 6.45) is 2.43. The molecule has 0 aliphatic carbocycles. The molecule has 3 rings (SSSR count). The topological polar surface area (TPSA) is 119 Å². The van der Waals surface area contributed by atoms with Crippen LogP contribution in [0.3, 0.4) is 0 Å². The van der Waals surface area contributed by atoms with Crippen LogP contribution in [0.5, 0.6) is 0 Å². The Labute approximate surface area is 181 Å². The first-order chi connectivity index (χ1) is 14.3. The van der Waals surface area contributed by atoms with Crippen LogP contribution >= 0.6 is 10.8 Å². The van der Waals surface area contributed by atoms with Gasteiger partial charge in [0.05, 0.1) is 11.3 Å². The van der Waals surface area contributed by atoms with Crippen molar-refractivity contribution in [1.82, 2.24) is 9.29 Å². The van der Waals surface area contributed by atoms with Crippen molar-refractivity contribution in [1.29, 1.82) is 5.26 Å². The molecular formula is C21H23F2N5O2S. The largest absolute Gasteiger partial charge is 0.369 e. The van der Waals surface area contributed by atoms with Gasteiger partial charge in [-0.25, -0.2) is 18.1 Å². The average Bonchev–Trinajstić information content (AvgIpc) is 2.73. The van der Waals surface area contributed by atoms with Crippen molar-refractivity contribution in [3.8, 4) is 6.07 Å². The number of nitrogens with zero attached hydrogens (tertiary/aromatic N) is 4. The third-order valence-corrected chi connectivity index (χ3v) is 8.56. The molecule has 0 bridgehead atoms. The fourth-order valence-electron chi connectivity index (χ4n) is 3.39. The predicted molar refractivity (Wildman–Crippen MR) is 118 cm³/mol. The van der Waals surface area contributed by atoms with Gasteiger partial charge >= 0.3 is 0 Å². The van der Waals surface area contributed by atoms with Gasteiger partial charge in [0.2, 0.25) is 5.96 Å². The fraction of sp³-hybridized carbons (Fsp3) is 0.286. The maximum absolute atomic E-state index is 14.9. The van der Waals surface area contributed by atoms with Gasteiger partial charge in [-0.2, -0.15) is 5.26 Å². The normalized spacial score (nSPS) is 23.6. The number of hydrogen-bond acceptors (Lipinski definition) is 7. The summed E-state index contributed by atoms with van der Waals surface area (Å²) >= 11 is 0. The molecule has 4 N–H and O–H groups in total. The van der Waals surface area contributed by atoms with Crippen LogP contribution in [0.1, 0.15) is 43.2 Å². The highest BCUT2D eigenvalue weighted by Crippen LogP contribution is 2.64. The zero-order valence-electron chi connectivity index (χ0n) is 17.5. The summed E-state index contributed by atoms with van der Waals surface area (Å²) in [5.41, 5.74) is 5.15. The lowest BCUT2D eigenvalue weighted by Crippen LogP contribution is -2.59. The van der Waals surface area contributed by atoms with Gasteiger partial charge in [-0.1, -0.05) is 6.07 Å². The van der Waals surface area contributed by atoms with Crippen molar-refractivity contribution < 1.29 is 17.9 Å². The number of halogens is 2. The summed E-state index contributed by atoms with van der Waals surface area (Å²) in [6, 6.07) is 8.67. The summed E-state index contributed by atoms with van der Waals surface area (Å²) in [5.74, 6) is -1.46. The van der Waals surface area contributed by atoms with Gasteiger partial charge in [-0.15, -0.1) is 10.8 Å². The van der Waals surface area contributed by atoms with Gasteiger partial charge in [-0.3, -0.25) is 14.1 Å². The monoisotopic (exact) mass is 447 g/mol. The molecule has 1 unspecified atom stereocenters. The minimum atomic E-state index is -3.46. The first-order valence-corrected chi connectivity index (χ1v) is 10.8. The van der Waals surface area contributed by atoms with E-state index in [1.165, 1.54) is 43.6 Å². The molecule has 2 heterocycles. The second-order valence-electron chi connectivity index (χ2n) is 7.84. The number of pyridine rings is 1. The maximum Gasteiger partial charge on any atom is 0.210 e. The van der Waals surface area contributed by atoms with Crippen LogP contribution in [0, 0.1) is 17.1 Å². The van der Waals surface area contributed by atoms with E-state index in [1.54, 1.807) is 20.8 Å². The van der Waals surface area contributed by atoms with Crippen molar-refractivity contribution in [2.24, 2.45) is 10.7 Å². The Bertz CT molecular complexity index is 1130. The number of aliphatic imine (C=N–C) groups is 1. The summed E-state index contributed by atoms with van der Waals surface area (Å²) < 4.78 is 51.0. The molecule has 1 aliphatic rings. The van der Waals surface area contributed by atoms with Crippen LogP contribution in [0.15, 0.2) is 41.5 Å². The second kappa shape index (κ2) is 7.60. The lowest BCUT2D eigenvalue weighted by atomic mass is 9.80. The second-order valence-corrected chi connectivity index (χ2v) is 10.5. The SMILES string of the molecule is CN1C(N)=NC(C)(c2cc(C=C(F)c3ccc(C#N)cn3)ccc2F)C(C)(C)S1(O)O. The molecule has 7 nitrogen and oxygen atoms in total. The lowest BCUT2D eigenvalue weighted by molar-refractivity contribution is 0.287. The van der Waals surface area contributed by atoms with Crippen LogP contribution in [-0.4, -0.2) is 36.1 Å². The summed E-state index contributed by atoms with van der Waals surface area (Å²) in [6.45, 7) is 4.70. The van der Waals surface area contributed by atoms with Gasteiger partial charge in [0.1, 0.15) is 28.0 Å². The van der Waals surface area contributed by atoms with Crippen molar-refractivity contribution in [3.63, 3.8) is 0 Å². The Balaban J connectivity index is 2.11. The van der Waals surface area contributed by atoms with E-state index in [2.05, 4.69) is 9.98 Å². The molecule has 1 atom stereocenters. The fourth-order valence-corrected chi connectivity index (χ4v) is 5.06. The number of aromatic nitrogens is 1. The minimum Gasteiger partial charge on any atom is -0.369 e. The molecule has 1 aromatic carbocycles. The average molecular weight is 448 g/mol. The molecule has 1 aromatic heterocycles. The number of nitrogens with two attached hydrogens (primary N) is 1. The Kier molecular flexibility index (Phi) is 5.56. The van der Waals surface area contributed by atoms with E-state index in [0.717, 1.165) is 10.4 Å². The molecule has 0 saturated heterocycles. The predicted octanol–water partition coefficient (Wildman–Crippen LogP) is 4.48. The first-order valence-electron chi connectivity index (χ1n) is 9.26. The zero-order chi connectivity index (χ0) is 23.2. The van der Waals surface area contributed by atoms with E-state index in [9.17, 15) is 17.9 Å². The molecule has 2 aromatic rings. The van der Waals surface area contributed by atoms with Crippen molar-refractivity contribution in [3.05, 3.63) is 64.7 Å². The molecular weight excluding hydrogens is 424 g/mol. The Morgan fingerprint density at radius 3 is 2.52 bits per heavy atom. The van der Waals surface area contributed by atoms with Gasteiger partial charge < -0.3 is 5.73 Å². The number of benzene rings is 1. The van der Waals surface area contributed by atoms with E-state index in [1.807, 2.05) is 6.07 Å². The Hall–Kier alpha value is -3.00. The van der Waals surface area contributed by atoms with E-state index in [0.29, 0.717) is 11.1 Å². The van der Waals surface area contributed by atoms with Crippen LogP contribution in [0.25, 0.3) is 11.9 Å². The molecule has 0 fully saturated rings. The highest BCUT2D eigenvalue weighted by molar-refractivity contribution is 8.23. The standard InChI is InChI=1S/C21H23F2N5O2S/c1-20(2)21(3,27-19(25)28(4)31(20,29)30)15-9-13(5-7-16(15)22)10-17(23)18-8-6-14(11-24)12-26-18/h5-10,12,29-30H,1-4H3,(H2,25,27). The lowest BCUT2D eigenvalue weighted by Gasteiger charge is -2.60. The van der Waals surface area contributed by atoms with Crippen molar-refractivity contribution >= 4 is 28.6 Å². The zero-order valence-corrected chi connectivity index (χ0v) is 18.3. The van der Waals surface area contributed by atoms with Crippen molar-refractivity contribution in [2.75, 3.05) is 7.05 Å². The number of nitriles is 1. The molecule has 1 aliphatic heterocycles. The molecule has 0 amide bonds. The van der Waals surface area contributed by atoms with Gasteiger partial charge in [0.25, 0.3) is 0 Å². The van der Waals surface area contributed by atoms with E-state index >= 15 is 0 Å². The van der Waals surface area contributed by atoms with Gasteiger partial charge in [0, 0.05) is 18.8 Å². The van der Waals surface area contributed by atoms with Gasteiger partial charge in [0.15, 0.2) is 0 Å². The molecule has 0 saturated carbocycles. The van der Waals surface area contributed by atoms with E-state index in [-0.39, 0.29) is 17.2 Å². The smallest absolute Gasteiger partial charge is 0.210 e. The van der Waals surface area contributed by atoms with Crippen LogP contribution in [0.2, 0.25) is 0 Å². The minimum absolute atomic E-state index is 0.0205. The van der Waals surface area contributed by atoms with E-state index < -0.39 is 32.7 Å². The van der Waals surface area contributed by atoms with Crippen molar-refractivity contribution in [2.45, 2.75) is 31.1 Å². The number of hydrogen-bond donors (Lipinski definition) is 3. The molecule has 31 heavy (non-hydrogen) atoms. The number of rotatable bonds is 3. The third kappa shape index (κ3) is 3.54. The quantitative estimate of drug-likeness (QED) is 0.638. The third-order valence-electron chi connectivity index (χ3n) is 5.85. The highest BCUT2D eigenvalue weighted by atomic mass is 32.3. The molecule has 0 radical (unpaired) electrons. The summed E-state index contributed by atoms with van der Waals surface area (Å²) in [7, 11) is -2.05. The molecule has 164 valence electrons. The maximum atomic E-state index is 14.9. The molecule has 0 spiro atoms. The Morgan fingerprint density at radius 1 is 1.26 bits per heavy atom. The summed E-state index contributed by atoms with van der Waals surface area (Å²) in [4.78, 5) is 8.30. The Morgan fingerprint density at radius 2 is 1.94 bits per heavy atom. The van der Waals surface area contributed by atoms with E-state index in [4.69, 9.17) is 11.0 Å². The highest BCUT2D eigenvalue weighted by Gasteiger charge is 2.57. The van der Waals surface area contributed by atoms with Crippen LogP contribution in [-0.2, 0) is 5.54 Å². The summed E-state index contributed by atoms with van der Waals surface area (Å²) in [5, 5.41) is 8.83. The molecule has 10 heteroatoms. The number of guanidine groups is 1. The van der Waals surface area contributed by atoms with Crippen LogP contribution < -0.4 is 5.73 Å².